The molecule has 0 fully saturated rings. The minimum Gasteiger partial charge on any atom is -0.282 e. The van der Waals surface area contributed by atoms with Crippen molar-refractivity contribution in [2.75, 3.05) is 18.3 Å². The van der Waals surface area contributed by atoms with Crippen molar-refractivity contribution in [3.05, 3.63) is 12.2 Å². The molecule has 0 aromatic heterocycles. The highest BCUT2D eigenvalue weighted by molar-refractivity contribution is 8.15. The van der Waals surface area contributed by atoms with E-state index in [1.165, 1.54) is 11.8 Å². The Morgan fingerprint density at radius 3 is 2.29 bits per heavy atom. The van der Waals surface area contributed by atoms with Crippen molar-refractivity contribution in [1.82, 2.24) is 0 Å². The van der Waals surface area contributed by atoms with Crippen LogP contribution in [0.4, 0.5) is 0 Å². The molecule has 0 radical (unpaired) electrons. The van der Waals surface area contributed by atoms with Gasteiger partial charge in [0, 0.05) is 16.3 Å². The summed E-state index contributed by atoms with van der Waals surface area (Å²) in [6, 6.07) is 0. The van der Waals surface area contributed by atoms with E-state index in [0.717, 1.165) is 5.75 Å². The van der Waals surface area contributed by atoms with Crippen molar-refractivity contribution in [3.63, 3.8) is 0 Å². The van der Waals surface area contributed by atoms with E-state index in [1.807, 2.05) is 23.5 Å². The largest absolute Gasteiger partial charge is 0.282 e. The highest BCUT2D eigenvalue weighted by atomic mass is 32.2. The van der Waals surface area contributed by atoms with Crippen LogP contribution in [0.5, 0.6) is 0 Å². The van der Waals surface area contributed by atoms with E-state index in [9.17, 15) is 4.79 Å². The van der Waals surface area contributed by atoms with Crippen molar-refractivity contribution < 1.29 is 4.79 Å². The SMILES string of the molecule is C=C(C)C(=O)SCC(SC)C(C)SC. The fourth-order valence-electron chi connectivity index (χ4n) is 0.828. The molecule has 14 heavy (non-hydrogen) atoms. The van der Waals surface area contributed by atoms with Crippen molar-refractivity contribution >= 4 is 40.4 Å². The molecule has 0 amide bonds. The molecule has 0 rings (SSSR count). The monoisotopic (exact) mass is 250 g/mol. The summed E-state index contributed by atoms with van der Waals surface area (Å²) in [5, 5.41) is 1.26. The summed E-state index contributed by atoms with van der Waals surface area (Å²) in [5.41, 5.74) is 0.645. The first-order valence-electron chi connectivity index (χ1n) is 4.41. The number of hydrogen-bond acceptors (Lipinski definition) is 4. The summed E-state index contributed by atoms with van der Waals surface area (Å²) in [5.74, 6) is 0.884. The van der Waals surface area contributed by atoms with E-state index < -0.39 is 0 Å². The molecule has 0 spiro atoms. The molecular formula is C10H18OS3. The van der Waals surface area contributed by atoms with Gasteiger partial charge in [0.15, 0.2) is 0 Å². The highest BCUT2D eigenvalue weighted by Crippen LogP contribution is 2.25. The maximum Gasteiger partial charge on any atom is 0.214 e. The molecule has 4 heteroatoms. The van der Waals surface area contributed by atoms with Crippen molar-refractivity contribution in [3.8, 4) is 0 Å². The minimum atomic E-state index is 0.123. The molecule has 0 aromatic rings. The van der Waals surface area contributed by atoms with Crippen LogP contribution in [-0.4, -0.2) is 33.9 Å². The number of hydrogen-bond donors (Lipinski definition) is 0. The zero-order valence-corrected chi connectivity index (χ0v) is 11.7. The van der Waals surface area contributed by atoms with Crippen LogP contribution in [0.3, 0.4) is 0 Å². The van der Waals surface area contributed by atoms with Gasteiger partial charge in [-0.3, -0.25) is 4.79 Å². The van der Waals surface area contributed by atoms with Gasteiger partial charge < -0.3 is 0 Å². The lowest BCUT2D eigenvalue weighted by molar-refractivity contribution is -0.107. The lowest BCUT2D eigenvalue weighted by Crippen LogP contribution is -2.19. The molecule has 0 saturated heterocycles. The second kappa shape index (κ2) is 7.71. The number of rotatable bonds is 6. The van der Waals surface area contributed by atoms with E-state index in [0.29, 0.717) is 16.1 Å². The molecule has 0 aliphatic rings. The first-order valence-corrected chi connectivity index (χ1v) is 7.97. The van der Waals surface area contributed by atoms with Gasteiger partial charge in [-0.15, -0.1) is 0 Å². The van der Waals surface area contributed by atoms with Gasteiger partial charge in [0.25, 0.3) is 0 Å². The highest BCUT2D eigenvalue weighted by Gasteiger charge is 2.17. The van der Waals surface area contributed by atoms with Gasteiger partial charge in [0.1, 0.15) is 0 Å². The lowest BCUT2D eigenvalue weighted by Gasteiger charge is -2.19. The third-order valence-corrected chi connectivity index (χ3v) is 5.70. The van der Waals surface area contributed by atoms with Crippen LogP contribution in [0.25, 0.3) is 0 Å². The van der Waals surface area contributed by atoms with Gasteiger partial charge in [-0.2, -0.15) is 23.5 Å². The standard InChI is InChI=1S/C10H18OS3/c1-7(2)10(11)14-6-9(13-5)8(3)12-4/h8-9H,1,6H2,2-5H3. The van der Waals surface area contributed by atoms with Crippen LogP contribution in [0, 0.1) is 0 Å². The van der Waals surface area contributed by atoms with E-state index >= 15 is 0 Å². The number of carbonyl (C=O) groups is 1. The Labute approximate surface area is 99.9 Å². The van der Waals surface area contributed by atoms with Crippen molar-refractivity contribution in [2.45, 2.75) is 24.3 Å². The van der Waals surface area contributed by atoms with E-state index in [-0.39, 0.29) is 5.12 Å². The molecule has 0 aliphatic heterocycles. The molecule has 0 N–H and O–H groups in total. The van der Waals surface area contributed by atoms with Gasteiger partial charge >= 0.3 is 0 Å². The Balaban J connectivity index is 3.95. The average Bonchev–Trinajstić information content (AvgIpc) is 2.17. The van der Waals surface area contributed by atoms with Crippen LogP contribution in [0.15, 0.2) is 12.2 Å². The molecule has 2 atom stereocenters. The minimum absolute atomic E-state index is 0.123. The van der Waals surface area contributed by atoms with Gasteiger partial charge in [0.2, 0.25) is 5.12 Å². The first kappa shape index (κ1) is 14.5. The molecule has 0 bridgehead atoms. The fourth-order valence-corrected chi connectivity index (χ4v) is 4.00. The molecule has 0 heterocycles. The summed E-state index contributed by atoms with van der Waals surface area (Å²) in [6.45, 7) is 7.61. The zero-order valence-electron chi connectivity index (χ0n) is 9.20. The third-order valence-electron chi connectivity index (χ3n) is 1.93. The van der Waals surface area contributed by atoms with E-state index in [4.69, 9.17) is 0 Å². The zero-order chi connectivity index (χ0) is 11.1. The maximum atomic E-state index is 11.3. The molecule has 0 saturated carbocycles. The molecule has 2 unspecified atom stereocenters. The maximum absolute atomic E-state index is 11.3. The lowest BCUT2D eigenvalue weighted by atomic mass is 10.4. The topological polar surface area (TPSA) is 17.1 Å². The summed E-state index contributed by atoms with van der Waals surface area (Å²) >= 11 is 5.07. The van der Waals surface area contributed by atoms with Gasteiger partial charge in [-0.05, 0) is 25.0 Å². The van der Waals surface area contributed by atoms with Crippen LogP contribution in [0.2, 0.25) is 0 Å². The van der Waals surface area contributed by atoms with E-state index in [2.05, 4.69) is 26.0 Å². The Kier molecular flexibility index (Phi) is 7.97. The predicted octanol–water partition coefficient (Wildman–Crippen LogP) is 3.31. The first-order chi connectivity index (χ1) is 6.52. The second-order valence-electron chi connectivity index (χ2n) is 3.09. The Bertz CT molecular complexity index is 204. The normalized spacial score (nSPS) is 14.9. The quantitative estimate of drug-likeness (QED) is 0.672. The summed E-state index contributed by atoms with van der Waals surface area (Å²) in [4.78, 5) is 11.3. The van der Waals surface area contributed by atoms with Crippen LogP contribution < -0.4 is 0 Å². The van der Waals surface area contributed by atoms with Crippen molar-refractivity contribution in [1.29, 1.82) is 0 Å². The molecule has 0 aliphatic carbocycles. The smallest absolute Gasteiger partial charge is 0.214 e. The fraction of sp³-hybridized carbons (Fsp3) is 0.700. The molecule has 1 nitrogen and oxygen atoms in total. The average molecular weight is 250 g/mol. The molecular weight excluding hydrogens is 232 g/mol. The van der Waals surface area contributed by atoms with Gasteiger partial charge in [0.05, 0.1) is 0 Å². The molecule has 82 valence electrons. The summed E-state index contributed by atoms with van der Waals surface area (Å²) in [6.07, 6.45) is 4.21. The Hall–Kier alpha value is 0.460. The van der Waals surface area contributed by atoms with E-state index in [1.54, 1.807) is 6.92 Å². The Morgan fingerprint density at radius 2 is 1.93 bits per heavy atom. The number of thioether (sulfide) groups is 3. The van der Waals surface area contributed by atoms with Gasteiger partial charge in [-0.25, -0.2) is 0 Å². The second-order valence-corrected chi connectivity index (χ2v) is 6.38. The Morgan fingerprint density at radius 1 is 1.36 bits per heavy atom. The summed E-state index contributed by atoms with van der Waals surface area (Å²) in [7, 11) is 0. The van der Waals surface area contributed by atoms with Crippen LogP contribution >= 0.6 is 35.3 Å². The van der Waals surface area contributed by atoms with Gasteiger partial charge in [-0.1, -0.05) is 25.3 Å². The molecule has 0 aromatic carbocycles. The van der Waals surface area contributed by atoms with Crippen LogP contribution in [-0.2, 0) is 4.79 Å². The summed E-state index contributed by atoms with van der Waals surface area (Å²) < 4.78 is 0. The third kappa shape index (κ3) is 5.37. The predicted molar refractivity (Wildman–Crippen MR) is 72.6 cm³/mol. The van der Waals surface area contributed by atoms with Crippen LogP contribution in [0.1, 0.15) is 13.8 Å². The van der Waals surface area contributed by atoms with Crippen molar-refractivity contribution in [2.24, 2.45) is 0 Å². The number of carbonyl (C=O) groups excluding carboxylic acids is 1.